The molecule has 1 rings (SSSR count). The first-order valence-electron chi connectivity index (χ1n) is 3.99. The molecule has 0 spiro atoms. The Morgan fingerprint density at radius 3 is 2.77 bits per heavy atom. The Kier molecular flexibility index (Phi) is 2.98. The highest BCUT2D eigenvalue weighted by Gasteiger charge is 2.38. The number of allylic oxidation sites excluding steroid dienone is 2. The molecule has 0 aromatic rings. The van der Waals surface area contributed by atoms with Gasteiger partial charge in [-0.15, -0.1) is 0 Å². The third kappa shape index (κ3) is 2.48. The molecule has 13 heavy (non-hydrogen) atoms. The highest BCUT2D eigenvalue weighted by atomic mass is 19.4. The van der Waals surface area contributed by atoms with E-state index in [1.165, 1.54) is 12.3 Å². The molecule has 0 aromatic heterocycles. The van der Waals surface area contributed by atoms with Gasteiger partial charge in [-0.3, -0.25) is 5.32 Å². The van der Waals surface area contributed by atoms with Crippen molar-refractivity contribution in [3.05, 3.63) is 23.9 Å². The van der Waals surface area contributed by atoms with Gasteiger partial charge in [0.2, 0.25) is 0 Å². The summed E-state index contributed by atoms with van der Waals surface area (Å²) in [5, 5.41) is 5.29. The van der Waals surface area contributed by atoms with Crippen molar-refractivity contribution in [1.29, 1.82) is 0 Å². The zero-order valence-corrected chi connectivity index (χ0v) is 7.15. The molecule has 1 heterocycles. The average Bonchev–Trinajstić information content (AvgIpc) is 2.04. The fourth-order valence-corrected chi connectivity index (χ4v) is 1.12. The highest BCUT2D eigenvalue weighted by Crippen LogP contribution is 2.28. The first-order valence-corrected chi connectivity index (χ1v) is 3.99. The van der Waals surface area contributed by atoms with E-state index in [1.54, 1.807) is 6.92 Å². The van der Waals surface area contributed by atoms with Crippen LogP contribution in [-0.4, -0.2) is 18.9 Å². The molecule has 1 aliphatic heterocycles. The van der Waals surface area contributed by atoms with Crippen LogP contribution in [0.1, 0.15) is 6.92 Å². The Balaban J connectivity index is 2.77. The van der Waals surface area contributed by atoms with Crippen LogP contribution in [0.15, 0.2) is 23.9 Å². The van der Waals surface area contributed by atoms with Crippen molar-refractivity contribution in [3.8, 4) is 0 Å². The summed E-state index contributed by atoms with van der Waals surface area (Å²) < 4.78 is 37.0. The summed E-state index contributed by atoms with van der Waals surface area (Å²) in [4.78, 5) is 0. The van der Waals surface area contributed by atoms with Crippen molar-refractivity contribution in [1.82, 2.24) is 10.6 Å². The maximum Gasteiger partial charge on any atom is 0.415 e. The van der Waals surface area contributed by atoms with E-state index in [1.807, 2.05) is 0 Å². The maximum atomic E-state index is 12.3. The number of hydrogen-bond donors (Lipinski definition) is 2. The minimum Gasteiger partial charge on any atom is -0.372 e. The van der Waals surface area contributed by atoms with Crippen molar-refractivity contribution >= 4 is 0 Å². The zero-order chi connectivity index (χ0) is 9.90. The van der Waals surface area contributed by atoms with Crippen LogP contribution in [0.2, 0.25) is 0 Å². The monoisotopic (exact) mass is 192 g/mol. The van der Waals surface area contributed by atoms with E-state index < -0.39 is 17.9 Å². The maximum absolute atomic E-state index is 12.3. The number of likely N-dealkylation sites (N-methyl/N-ethyl adjacent to an activating group) is 1. The first-order chi connectivity index (χ1) is 6.05. The van der Waals surface area contributed by atoms with Crippen LogP contribution in [0.5, 0.6) is 0 Å². The number of dihydropyridines is 1. The molecule has 0 fully saturated rings. The summed E-state index contributed by atoms with van der Waals surface area (Å²) in [5.41, 5.74) is -0.586. The van der Waals surface area contributed by atoms with Gasteiger partial charge in [-0.2, -0.15) is 13.2 Å². The topological polar surface area (TPSA) is 24.1 Å². The molecule has 0 saturated heterocycles. The zero-order valence-electron chi connectivity index (χ0n) is 7.15. The van der Waals surface area contributed by atoms with Gasteiger partial charge >= 0.3 is 6.18 Å². The minimum absolute atomic E-state index is 0.485. The van der Waals surface area contributed by atoms with Gasteiger partial charge < -0.3 is 5.32 Å². The Bertz CT molecular complexity index is 230. The molecule has 5 heteroatoms. The van der Waals surface area contributed by atoms with E-state index in [4.69, 9.17) is 0 Å². The van der Waals surface area contributed by atoms with Crippen LogP contribution >= 0.6 is 0 Å². The Hall–Kier alpha value is -0.970. The first kappa shape index (κ1) is 10.1. The second-order valence-corrected chi connectivity index (χ2v) is 2.64. The molecular weight excluding hydrogens is 181 g/mol. The molecule has 0 amide bonds. The fourth-order valence-electron chi connectivity index (χ4n) is 1.12. The molecule has 0 aromatic carbocycles. The van der Waals surface area contributed by atoms with Crippen LogP contribution in [0, 0.1) is 0 Å². The van der Waals surface area contributed by atoms with Crippen LogP contribution in [0.25, 0.3) is 0 Å². The molecule has 1 unspecified atom stereocenters. The second-order valence-electron chi connectivity index (χ2n) is 2.64. The van der Waals surface area contributed by atoms with E-state index in [0.717, 1.165) is 6.08 Å². The number of halogens is 3. The van der Waals surface area contributed by atoms with Crippen molar-refractivity contribution in [2.45, 2.75) is 19.3 Å². The third-order valence-electron chi connectivity index (χ3n) is 1.68. The smallest absolute Gasteiger partial charge is 0.372 e. The molecule has 1 aliphatic rings. The predicted octanol–water partition coefficient (Wildman–Crippen LogP) is 1.53. The second kappa shape index (κ2) is 3.83. The van der Waals surface area contributed by atoms with Gasteiger partial charge in [-0.05, 0) is 24.9 Å². The Labute approximate surface area is 74.5 Å². The minimum atomic E-state index is -4.27. The molecule has 2 nitrogen and oxygen atoms in total. The van der Waals surface area contributed by atoms with Gasteiger partial charge in [0.15, 0.2) is 0 Å². The molecule has 1 atom stereocenters. The quantitative estimate of drug-likeness (QED) is 0.693. The van der Waals surface area contributed by atoms with E-state index in [9.17, 15) is 13.2 Å². The van der Waals surface area contributed by atoms with E-state index in [-0.39, 0.29) is 0 Å². The normalized spacial score (nSPS) is 22.5. The lowest BCUT2D eigenvalue weighted by Crippen LogP contribution is -2.46. The lowest BCUT2D eigenvalue weighted by Gasteiger charge is -2.25. The summed E-state index contributed by atoms with van der Waals surface area (Å²) in [7, 11) is 0. The van der Waals surface area contributed by atoms with E-state index in [2.05, 4.69) is 10.6 Å². The Morgan fingerprint density at radius 2 is 2.23 bits per heavy atom. The summed E-state index contributed by atoms with van der Waals surface area (Å²) >= 11 is 0. The molecular formula is C8H11F3N2. The van der Waals surface area contributed by atoms with Crippen molar-refractivity contribution in [2.24, 2.45) is 0 Å². The van der Waals surface area contributed by atoms with Gasteiger partial charge in [0, 0.05) is 0 Å². The molecule has 0 saturated carbocycles. The number of nitrogens with one attached hydrogen (secondary N) is 2. The van der Waals surface area contributed by atoms with E-state index >= 15 is 0 Å². The summed E-state index contributed by atoms with van der Waals surface area (Å²) in [6.07, 6.45) is -1.19. The van der Waals surface area contributed by atoms with Crippen LogP contribution in [0.4, 0.5) is 13.2 Å². The lowest BCUT2D eigenvalue weighted by molar-refractivity contribution is -0.0975. The number of hydrogen-bond acceptors (Lipinski definition) is 2. The predicted molar refractivity (Wildman–Crippen MR) is 43.9 cm³/mol. The third-order valence-corrected chi connectivity index (χ3v) is 1.68. The molecule has 74 valence electrons. The Morgan fingerprint density at radius 1 is 1.54 bits per heavy atom. The molecule has 2 N–H and O–H groups in total. The number of rotatable bonds is 2. The van der Waals surface area contributed by atoms with Crippen LogP contribution in [-0.2, 0) is 0 Å². The van der Waals surface area contributed by atoms with Crippen molar-refractivity contribution in [3.63, 3.8) is 0 Å². The highest BCUT2D eigenvalue weighted by molar-refractivity contribution is 5.26. The largest absolute Gasteiger partial charge is 0.415 e. The van der Waals surface area contributed by atoms with Crippen LogP contribution < -0.4 is 10.6 Å². The number of alkyl halides is 3. The van der Waals surface area contributed by atoms with Gasteiger partial charge in [-0.25, -0.2) is 0 Å². The van der Waals surface area contributed by atoms with E-state index in [0.29, 0.717) is 6.54 Å². The van der Waals surface area contributed by atoms with Gasteiger partial charge in [0.05, 0.1) is 5.57 Å². The van der Waals surface area contributed by atoms with Gasteiger partial charge in [-0.1, -0.05) is 6.92 Å². The van der Waals surface area contributed by atoms with Crippen molar-refractivity contribution < 1.29 is 13.2 Å². The SMILES string of the molecule is CCNC1NC=CC=C1C(F)(F)F. The lowest BCUT2D eigenvalue weighted by atomic mass is 10.1. The summed E-state index contributed by atoms with van der Waals surface area (Å²) in [5.74, 6) is 0. The van der Waals surface area contributed by atoms with Crippen molar-refractivity contribution in [2.75, 3.05) is 6.54 Å². The summed E-state index contributed by atoms with van der Waals surface area (Å²) in [6.45, 7) is 2.24. The summed E-state index contributed by atoms with van der Waals surface area (Å²) in [6, 6.07) is 0. The molecule has 0 aliphatic carbocycles. The standard InChI is InChI=1S/C8H11F3N2/c1-2-12-7-6(8(9,10)11)4-3-5-13-7/h3-5,7,12-13H,2H2,1H3. The molecule has 0 radical (unpaired) electrons. The van der Waals surface area contributed by atoms with Gasteiger partial charge in [0.25, 0.3) is 0 Å². The fraction of sp³-hybridized carbons (Fsp3) is 0.500. The van der Waals surface area contributed by atoms with Gasteiger partial charge in [0.1, 0.15) is 6.17 Å². The van der Waals surface area contributed by atoms with Crippen LogP contribution in [0.3, 0.4) is 0 Å². The average molecular weight is 192 g/mol. The molecule has 0 bridgehead atoms.